The van der Waals surface area contributed by atoms with Crippen molar-refractivity contribution in [3.8, 4) is 0 Å². The number of nitrogens with one attached hydrogen (secondary N) is 1. The Labute approximate surface area is 87.8 Å². The molecule has 14 heavy (non-hydrogen) atoms. The number of hydrogen-bond donors (Lipinski definition) is 1. The highest BCUT2D eigenvalue weighted by molar-refractivity contribution is 6.18. The van der Waals surface area contributed by atoms with Crippen LogP contribution in [-0.2, 0) is 0 Å². The van der Waals surface area contributed by atoms with Crippen molar-refractivity contribution in [2.75, 3.05) is 12.4 Å². The molecule has 1 aromatic rings. The summed E-state index contributed by atoms with van der Waals surface area (Å²) >= 11 is 5.42. The Morgan fingerprint density at radius 2 is 2.43 bits per heavy atom. The first-order valence-electron chi connectivity index (χ1n) is 4.24. The second-order valence-corrected chi connectivity index (χ2v) is 2.89. The van der Waals surface area contributed by atoms with Crippen molar-refractivity contribution in [1.82, 2.24) is 10.3 Å². The zero-order valence-electron chi connectivity index (χ0n) is 7.61. The van der Waals surface area contributed by atoms with Gasteiger partial charge in [0, 0.05) is 24.8 Å². The molecule has 0 spiro atoms. The van der Waals surface area contributed by atoms with Gasteiger partial charge < -0.3 is 5.32 Å². The van der Waals surface area contributed by atoms with Crippen LogP contribution in [0.4, 0.5) is 0 Å². The first-order chi connectivity index (χ1) is 6.84. The molecule has 0 radical (unpaired) electrons. The SMILES string of the molecule is O=C(NC/C=C/CCl)c1cccnc1. The van der Waals surface area contributed by atoms with Crippen molar-refractivity contribution in [1.29, 1.82) is 0 Å². The van der Waals surface area contributed by atoms with Crippen molar-refractivity contribution >= 4 is 17.5 Å². The summed E-state index contributed by atoms with van der Waals surface area (Å²) in [4.78, 5) is 15.2. The van der Waals surface area contributed by atoms with Gasteiger partial charge in [0.1, 0.15) is 0 Å². The maximum Gasteiger partial charge on any atom is 0.253 e. The summed E-state index contributed by atoms with van der Waals surface area (Å²) in [5.74, 6) is 0.334. The number of allylic oxidation sites excluding steroid dienone is 1. The lowest BCUT2D eigenvalue weighted by atomic mass is 10.3. The number of pyridine rings is 1. The van der Waals surface area contributed by atoms with Crippen LogP contribution in [-0.4, -0.2) is 23.3 Å². The number of carbonyl (C=O) groups excluding carboxylic acids is 1. The normalized spacial score (nSPS) is 10.4. The number of alkyl halides is 1. The molecule has 1 amide bonds. The smallest absolute Gasteiger partial charge is 0.253 e. The quantitative estimate of drug-likeness (QED) is 0.606. The van der Waals surface area contributed by atoms with Crippen LogP contribution >= 0.6 is 11.6 Å². The minimum Gasteiger partial charge on any atom is -0.349 e. The Morgan fingerprint density at radius 3 is 3.07 bits per heavy atom. The van der Waals surface area contributed by atoms with Crippen molar-refractivity contribution in [3.63, 3.8) is 0 Å². The minimum absolute atomic E-state index is 0.127. The third kappa shape index (κ3) is 3.58. The van der Waals surface area contributed by atoms with E-state index in [2.05, 4.69) is 10.3 Å². The molecule has 0 aliphatic carbocycles. The molecule has 0 fully saturated rings. The van der Waals surface area contributed by atoms with Crippen molar-refractivity contribution < 1.29 is 4.79 Å². The maximum atomic E-state index is 11.4. The molecule has 1 aromatic heterocycles. The summed E-state index contributed by atoms with van der Waals surface area (Å²) < 4.78 is 0. The first kappa shape index (κ1) is 10.7. The monoisotopic (exact) mass is 210 g/mol. The summed E-state index contributed by atoms with van der Waals surface area (Å²) in [7, 11) is 0. The van der Waals surface area contributed by atoms with E-state index in [0.717, 1.165) is 0 Å². The summed E-state index contributed by atoms with van der Waals surface area (Å²) in [6.45, 7) is 0.487. The molecule has 3 nitrogen and oxygen atoms in total. The van der Waals surface area contributed by atoms with Gasteiger partial charge in [0.2, 0.25) is 0 Å². The Hall–Kier alpha value is -1.35. The first-order valence-corrected chi connectivity index (χ1v) is 4.77. The molecule has 74 valence electrons. The van der Waals surface area contributed by atoms with E-state index in [0.29, 0.717) is 18.0 Å². The van der Waals surface area contributed by atoms with Gasteiger partial charge in [0.25, 0.3) is 5.91 Å². The average molecular weight is 211 g/mol. The van der Waals surface area contributed by atoms with Gasteiger partial charge >= 0.3 is 0 Å². The standard InChI is InChI=1S/C10H11ClN2O/c11-5-1-2-7-13-10(14)9-4-3-6-12-8-9/h1-4,6,8H,5,7H2,(H,13,14)/b2-1+. The zero-order chi connectivity index (χ0) is 10.2. The van der Waals surface area contributed by atoms with E-state index in [1.54, 1.807) is 30.5 Å². The maximum absolute atomic E-state index is 11.4. The highest BCUT2D eigenvalue weighted by Crippen LogP contribution is 1.94. The highest BCUT2D eigenvalue weighted by Gasteiger charge is 2.01. The summed E-state index contributed by atoms with van der Waals surface area (Å²) in [6, 6.07) is 3.44. The molecule has 0 bridgehead atoms. The zero-order valence-corrected chi connectivity index (χ0v) is 8.37. The Morgan fingerprint density at radius 1 is 1.57 bits per heavy atom. The molecule has 0 aliphatic rings. The number of carbonyl (C=O) groups is 1. The van der Waals surface area contributed by atoms with Gasteiger partial charge in [-0.2, -0.15) is 0 Å². The molecule has 1 N–H and O–H groups in total. The minimum atomic E-state index is -0.127. The molecule has 1 rings (SSSR count). The van der Waals surface area contributed by atoms with E-state index in [1.807, 2.05) is 0 Å². The number of halogens is 1. The lowest BCUT2D eigenvalue weighted by molar-refractivity contribution is 0.0957. The molecular formula is C10H11ClN2O. The van der Waals surface area contributed by atoms with Gasteiger partial charge in [-0.25, -0.2) is 0 Å². The number of rotatable bonds is 4. The second kappa shape index (κ2) is 6.16. The van der Waals surface area contributed by atoms with Crippen LogP contribution in [0.2, 0.25) is 0 Å². The van der Waals surface area contributed by atoms with Crippen LogP contribution in [0.5, 0.6) is 0 Å². The molecule has 0 saturated carbocycles. The van der Waals surface area contributed by atoms with Crippen LogP contribution in [0, 0.1) is 0 Å². The topological polar surface area (TPSA) is 42.0 Å². The van der Waals surface area contributed by atoms with E-state index < -0.39 is 0 Å². The second-order valence-electron chi connectivity index (χ2n) is 2.58. The van der Waals surface area contributed by atoms with Gasteiger partial charge in [0.15, 0.2) is 0 Å². The Balaban J connectivity index is 2.40. The third-order valence-corrected chi connectivity index (χ3v) is 1.74. The van der Waals surface area contributed by atoms with Crippen LogP contribution in [0.3, 0.4) is 0 Å². The summed E-state index contributed by atoms with van der Waals surface area (Å²) in [5.41, 5.74) is 0.562. The molecule has 1 heterocycles. The van der Waals surface area contributed by atoms with Gasteiger partial charge in [-0.05, 0) is 12.1 Å². The van der Waals surface area contributed by atoms with Gasteiger partial charge in [-0.15, -0.1) is 11.6 Å². The Kier molecular flexibility index (Phi) is 4.72. The lowest BCUT2D eigenvalue weighted by Crippen LogP contribution is -2.23. The van der Waals surface area contributed by atoms with Crippen LogP contribution < -0.4 is 5.32 Å². The number of amides is 1. The number of nitrogens with zero attached hydrogens (tertiary/aromatic N) is 1. The molecule has 0 aliphatic heterocycles. The number of aromatic nitrogens is 1. The van der Waals surface area contributed by atoms with Gasteiger partial charge in [-0.1, -0.05) is 12.2 Å². The summed E-state index contributed by atoms with van der Waals surface area (Å²) in [5, 5.41) is 2.71. The van der Waals surface area contributed by atoms with Crippen LogP contribution in [0.1, 0.15) is 10.4 Å². The van der Waals surface area contributed by atoms with E-state index >= 15 is 0 Å². The third-order valence-electron chi connectivity index (χ3n) is 1.56. The molecule has 0 saturated heterocycles. The van der Waals surface area contributed by atoms with E-state index in [9.17, 15) is 4.79 Å². The van der Waals surface area contributed by atoms with E-state index in [-0.39, 0.29) is 5.91 Å². The van der Waals surface area contributed by atoms with E-state index in [4.69, 9.17) is 11.6 Å². The molecule has 0 atom stereocenters. The summed E-state index contributed by atoms with van der Waals surface area (Å²) in [6.07, 6.45) is 6.75. The van der Waals surface area contributed by atoms with E-state index in [1.165, 1.54) is 6.20 Å². The predicted octanol–water partition coefficient (Wildman–Crippen LogP) is 1.61. The molecule has 0 unspecified atom stereocenters. The Bertz CT molecular complexity index is 311. The fourth-order valence-electron chi connectivity index (χ4n) is 0.897. The fraction of sp³-hybridized carbons (Fsp3) is 0.200. The van der Waals surface area contributed by atoms with Gasteiger partial charge in [0.05, 0.1) is 5.56 Å². The molecule has 0 aromatic carbocycles. The highest BCUT2D eigenvalue weighted by atomic mass is 35.5. The van der Waals surface area contributed by atoms with Gasteiger partial charge in [-0.3, -0.25) is 9.78 Å². The predicted molar refractivity (Wildman–Crippen MR) is 56.4 cm³/mol. The van der Waals surface area contributed by atoms with Crippen molar-refractivity contribution in [2.45, 2.75) is 0 Å². The average Bonchev–Trinajstić information content (AvgIpc) is 2.25. The largest absolute Gasteiger partial charge is 0.349 e. The fourth-order valence-corrected chi connectivity index (χ4v) is 1.02. The molecule has 4 heteroatoms. The van der Waals surface area contributed by atoms with Crippen LogP contribution in [0.15, 0.2) is 36.7 Å². The van der Waals surface area contributed by atoms with Crippen molar-refractivity contribution in [2.24, 2.45) is 0 Å². The molecular weight excluding hydrogens is 200 g/mol. The number of hydrogen-bond acceptors (Lipinski definition) is 2. The van der Waals surface area contributed by atoms with Crippen LogP contribution in [0.25, 0.3) is 0 Å². The lowest BCUT2D eigenvalue weighted by Gasteiger charge is -2.00. The van der Waals surface area contributed by atoms with Crippen molar-refractivity contribution in [3.05, 3.63) is 42.2 Å².